The zero-order valence-corrected chi connectivity index (χ0v) is 11.7. The Morgan fingerprint density at radius 2 is 2.42 bits per heavy atom. The highest BCUT2D eigenvalue weighted by Crippen LogP contribution is 2.27. The third kappa shape index (κ3) is 2.30. The van der Waals surface area contributed by atoms with Crippen LogP contribution in [0.3, 0.4) is 0 Å². The van der Waals surface area contributed by atoms with Crippen LogP contribution in [0.15, 0.2) is 18.2 Å². The molecule has 0 amide bonds. The second-order valence-electron chi connectivity index (χ2n) is 4.74. The molecule has 5 heteroatoms. The van der Waals surface area contributed by atoms with E-state index in [1.54, 1.807) is 7.11 Å². The number of fused-ring (bicyclic) bond motifs is 1. The van der Waals surface area contributed by atoms with Gasteiger partial charge in [-0.3, -0.25) is 0 Å². The Kier molecular flexibility index (Phi) is 3.62. The number of methoxy groups -OCH3 is 1. The fourth-order valence-corrected chi connectivity index (χ4v) is 2.84. The van der Waals surface area contributed by atoms with E-state index in [0.29, 0.717) is 5.88 Å². The van der Waals surface area contributed by atoms with Gasteiger partial charge in [0.25, 0.3) is 0 Å². The van der Waals surface area contributed by atoms with Crippen LogP contribution < -0.4 is 4.74 Å². The minimum atomic E-state index is 0.269. The smallest absolute Gasteiger partial charge is 0.146 e. The summed E-state index contributed by atoms with van der Waals surface area (Å²) in [6, 6.07) is 5.95. The first-order valence-corrected chi connectivity index (χ1v) is 7.06. The van der Waals surface area contributed by atoms with Crippen molar-refractivity contribution in [2.45, 2.75) is 31.4 Å². The molecule has 1 aliphatic rings. The summed E-state index contributed by atoms with van der Waals surface area (Å²) in [7, 11) is 1.66. The number of nitrogens with zero attached hydrogens (tertiary/aromatic N) is 2. The fourth-order valence-electron chi connectivity index (χ4n) is 2.63. The van der Waals surface area contributed by atoms with Crippen LogP contribution in [-0.4, -0.2) is 29.4 Å². The van der Waals surface area contributed by atoms with E-state index in [2.05, 4.69) is 15.6 Å². The largest absolute Gasteiger partial charge is 0.494 e. The number of hydrogen-bond acceptors (Lipinski definition) is 3. The highest BCUT2D eigenvalue weighted by Gasteiger charge is 2.20. The molecule has 0 saturated carbocycles. The second-order valence-corrected chi connectivity index (χ2v) is 5.00. The van der Waals surface area contributed by atoms with Gasteiger partial charge in [0.05, 0.1) is 31.2 Å². The number of para-hydroxylation sites is 1. The number of aromatic nitrogens is 2. The number of imidazole rings is 1. The van der Waals surface area contributed by atoms with Gasteiger partial charge in [0.15, 0.2) is 0 Å². The van der Waals surface area contributed by atoms with E-state index >= 15 is 0 Å². The minimum absolute atomic E-state index is 0.269. The maximum Gasteiger partial charge on any atom is 0.146 e. The van der Waals surface area contributed by atoms with Crippen molar-refractivity contribution in [3.8, 4) is 5.75 Å². The van der Waals surface area contributed by atoms with Gasteiger partial charge < -0.3 is 14.0 Å². The second kappa shape index (κ2) is 5.39. The molecular weight excluding hydrogens is 264 g/mol. The number of rotatable bonds is 4. The van der Waals surface area contributed by atoms with E-state index in [0.717, 1.165) is 48.6 Å². The summed E-state index contributed by atoms with van der Waals surface area (Å²) in [5.74, 6) is 2.05. The molecule has 1 fully saturated rings. The number of benzene rings is 1. The van der Waals surface area contributed by atoms with Gasteiger partial charge in [-0.2, -0.15) is 0 Å². The summed E-state index contributed by atoms with van der Waals surface area (Å²) in [4.78, 5) is 4.59. The first kappa shape index (κ1) is 12.8. The van der Waals surface area contributed by atoms with Crippen LogP contribution >= 0.6 is 11.6 Å². The number of ether oxygens (including phenoxy) is 2. The molecular formula is C14H17ClN2O2. The van der Waals surface area contributed by atoms with Gasteiger partial charge >= 0.3 is 0 Å². The average molecular weight is 281 g/mol. The van der Waals surface area contributed by atoms with Crippen LogP contribution in [0.1, 0.15) is 18.7 Å². The molecule has 1 aliphatic heterocycles. The average Bonchev–Trinajstić information content (AvgIpc) is 3.07. The molecule has 0 spiro atoms. The molecule has 19 heavy (non-hydrogen) atoms. The van der Waals surface area contributed by atoms with Crippen molar-refractivity contribution >= 4 is 22.6 Å². The SMILES string of the molecule is COc1cccc2c1nc(CCl)n2CC1CCCO1. The third-order valence-corrected chi connectivity index (χ3v) is 3.81. The maximum atomic E-state index is 6.02. The molecule has 2 heterocycles. The molecule has 3 rings (SSSR count). The monoisotopic (exact) mass is 280 g/mol. The lowest BCUT2D eigenvalue weighted by molar-refractivity contribution is 0.0974. The van der Waals surface area contributed by atoms with Gasteiger partial charge in [-0.1, -0.05) is 6.07 Å². The Morgan fingerprint density at radius 3 is 3.11 bits per heavy atom. The van der Waals surface area contributed by atoms with Gasteiger partial charge in [0.2, 0.25) is 0 Å². The van der Waals surface area contributed by atoms with Gasteiger partial charge in [-0.05, 0) is 25.0 Å². The molecule has 1 unspecified atom stereocenters. The van der Waals surface area contributed by atoms with E-state index in [1.165, 1.54) is 0 Å². The molecule has 1 aromatic carbocycles. The molecule has 1 saturated heterocycles. The molecule has 0 aliphatic carbocycles. The van der Waals surface area contributed by atoms with Gasteiger partial charge in [-0.15, -0.1) is 11.6 Å². The van der Waals surface area contributed by atoms with Gasteiger partial charge in [0.1, 0.15) is 17.1 Å². The molecule has 0 bridgehead atoms. The van der Waals surface area contributed by atoms with Crippen molar-refractivity contribution in [1.29, 1.82) is 0 Å². The van der Waals surface area contributed by atoms with Crippen LogP contribution in [0.4, 0.5) is 0 Å². The number of alkyl halides is 1. The number of hydrogen-bond donors (Lipinski definition) is 0. The van der Waals surface area contributed by atoms with Crippen molar-refractivity contribution in [1.82, 2.24) is 9.55 Å². The van der Waals surface area contributed by atoms with E-state index in [-0.39, 0.29) is 6.10 Å². The van der Waals surface area contributed by atoms with E-state index < -0.39 is 0 Å². The first-order chi connectivity index (χ1) is 9.33. The maximum absolute atomic E-state index is 6.02. The van der Waals surface area contributed by atoms with Crippen molar-refractivity contribution < 1.29 is 9.47 Å². The summed E-state index contributed by atoms with van der Waals surface area (Å²) in [5, 5.41) is 0. The fraction of sp³-hybridized carbons (Fsp3) is 0.500. The Morgan fingerprint density at radius 1 is 1.53 bits per heavy atom. The summed E-state index contributed by atoms with van der Waals surface area (Å²) < 4.78 is 13.2. The summed E-state index contributed by atoms with van der Waals surface area (Å²) in [6.07, 6.45) is 2.51. The van der Waals surface area contributed by atoms with Crippen molar-refractivity contribution in [3.63, 3.8) is 0 Å². The third-order valence-electron chi connectivity index (χ3n) is 3.57. The van der Waals surface area contributed by atoms with E-state index in [4.69, 9.17) is 21.1 Å². The Labute approximate surface area is 117 Å². The molecule has 0 radical (unpaired) electrons. The summed E-state index contributed by atoms with van der Waals surface area (Å²) >= 11 is 6.02. The van der Waals surface area contributed by atoms with Crippen molar-refractivity contribution in [2.24, 2.45) is 0 Å². The zero-order valence-electron chi connectivity index (χ0n) is 10.9. The van der Waals surface area contributed by atoms with Crippen molar-refractivity contribution in [3.05, 3.63) is 24.0 Å². The molecule has 0 N–H and O–H groups in total. The molecule has 1 aromatic heterocycles. The Hall–Kier alpha value is -1.26. The lowest BCUT2D eigenvalue weighted by Gasteiger charge is -2.13. The van der Waals surface area contributed by atoms with Crippen LogP contribution in [-0.2, 0) is 17.2 Å². The first-order valence-electron chi connectivity index (χ1n) is 6.53. The highest BCUT2D eigenvalue weighted by atomic mass is 35.5. The van der Waals surface area contributed by atoms with Gasteiger partial charge in [0, 0.05) is 6.61 Å². The van der Waals surface area contributed by atoms with Crippen molar-refractivity contribution in [2.75, 3.05) is 13.7 Å². The zero-order chi connectivity index (χ0) is 13.2. The molecule has 2 aromatic rings. The van der Waals surface area contributed by atoms with E-state index in [1.807, 2.05) is 12.1 Å². The predicted molar refractivity (Wildman–Crippen MR) is 74.8 cm³/mol. The van der Waals surface area contributed by atoms with E-state index in [9.17, 15) is 0 Å². The summed E-state index contributed by atoms with van der Waals surface area (Å²) in [6.45, 7) is 1.67. The van der Waals surface area contributed by atoms with Gasteiger partial charge in [-0.25, -0.2) is 4.98 Å². The molecule has 1 atom stereocenters. The van der Waals surface area contributed by atoms with Crippen LogP contribution in [0.2, 0.25) is 0 Å². The minimum Gasteiger partial charge on any atom is -0.494 e. The topological polar surface area (TPSA) is 36.3 Å². The summed E-state index contributed by atoms with van der Waals surface area (Å²) in [5.41, 5.74) is 1.93. The lowest BCUT2D eigenvalue weighted by atomic mass is 10.2. The molecule has 102 valence electrons. The standard InChI is InChI=1S/C14H17ClN2O2/c1-18-12-6-2-5-11-14(12)16-13(8-15)17(11)9-10-4-3-7-19-10/h2,5-6,10H,3-4,7-9H2,1H3. The van der Waals surface area contributed by atoms with Crippen LogP contribution in [0.25, 0.3) is 11.0 Å². The quantitative estimate of drug-likeness (QED) is 0.808. The Balaban J connectivity index is 2.05. The molecule has 4 nitrogen and oxygen atoms in total. The Bertz CT molecular complexity index is 576. The van der Waals surface area contributed by atoms with Crippen LogP contribution in [0, 0.1) is 0 Å². The lowest BCUT2D eigenvalue weighted by Crippen LogP contribution is -2.16. The highest BCUT2D eigenvalue weighted by molar-refractivity contribution is 6.16. The van der Waals surface area contributed by atoms with Crippen LogP contribution in [0.5, 0.6) is 5.75 Å². The predicted octanol–water partition coefficient (Wildman–Crippen LogP) is 2.96. The number of halogens is 1. The normalized spacial score (nSPS) is 19.2.